The first-order chi connectivity index (χ1) is 15.6. The van der Waals surface area contributed by atoms with Gasteiger partial charge in [0.25, 0.3) is 5.91 Å². The van der Waals surface area contributed by atoms with Gasteiger partial charge in [0, 0.05) is 37.7 Å². The number of fused-ring (bicyclic) bond motifs is 2. The highest BCUT2D eigenvalue weighted by Gasteiger charge is 2.39. The molecule has 0 bridgehead atoms. The number of rotatable bonds is 5. The average Bonchev–Trinajstić information content (AvgIpc) is 3.26. The number of hydrogen-bond acceptors (Lipinski definition) is 7. The first-order valence-electron chi connectivity index (χ1n) is 10.6. The van der Waals surface area contributed by atoms with Crippen LogP contribution in [0.25, 0.3) is 28.1 Å². The molecule has 0 aromatic carbocycles. The van der Waals surface area contributed by atoms with E-state index in [1.54, 1.807) is 17.8 Å². The number of nitrogens with zero attached hydrogens (tertiary/aromatic N) is 6. The van der Waals surface area contributed by atoms with Crippen molar-refractivity contribution in [2.24, 2.45) is 0 Å². The molecule has 10 nitrogen and oxygen atoms in total. The second-order valence-electron chi connectivity index (χ2n) is 8.09. The van der Waals surface area contributed by atoms with E-state index in [-0.39, 0.29) is 11.6 Å². The molecule has 4 aromatic rings. The molecule has 0 radical (unpaired) electrons. The van der Waals surface area contributed by atoms with Crippen molar-refractivity contribution in [3.8, 4) is 11.4 Å². The van der Waals surface area contributed by atoms with Crippen LogP contribution < -0.4 is 10.6 Å². The van der Waals surface area contributed by atoms with Crippen LogP contribution in [0.4, 0.5) is 10.2 Å². The van der Waals surface area contributed by atoms with Gasteiger partial charge in [0.1, 0.15) is 23.2 Å². The second-order valence-corrected chi connectivity index (χ2v) is 8.09. The van der Waals surface area contributed by atoms with E-state index >= 15 is 0 Å². The number of halogens is 1. The van der Waals surface area contributed by atoms with Crippen LogP contribution in [-0.4, -0.2) is 67.7 Å². The summed E-state index contributed by atoms with van der Waals surface area (Å²) in [5, 5.41) is 15.8. The number of hydrogen-bond donors (Lipinski definition) is 2. The number of amides is 1. The fraction of sp³-hybridized carbons (Fsp3) is 0.381. The lowest BCUT2D eigenvalue weighted by Crippen LogP contribution is -2.27. The van der Waals surface area contributed by atoms with Gasteiger partial charge in [-0.3, -0.25) is 4.79 Å². The van der Waals surface area contributed by atoms with E-state index in [4.69, 9.17) is 14.8 Å². The SMILES string of the molecule is CNc1cc(-c2nn([C@H]3CCOC3)c3ncccc23)nc2c(C(=O)N[C@@H]3C[C@@H]3F)cnn12. The number of alkyl halides is 1. The maximum Gasteiger partial charge on any atom is 0.257 e. The number of pyridine rings is 1. The second kappa shape index (κ2) is 7.23. The van der Waals surface area contributed by atoms with Crippen molar-refractivity contribution in [2.75, 3.05) is 25.6 Å². The monoisotopic (exact) mass is 436 g/mol. The molecule has 6 rings (SSSR count). The Hall–Kier alpha value is -3.60. The third-order valence-electron chi connectivity index (χ3n) is 5.96. The van der Waals surface area contributed by atoms with E-state index in [2.05, 4.69) is 20.7 Å². The van der Waals surface area contributed by atoms with Gasteiger partial charge in [-0.1, -0.05) is 0 Å². The van der Waals surface area contributed by atoms with Crippen LogP contribution in [0.15, 0.2) is 30.6 Å². The molecule has 2 N–H and O–H groups in total. The minimum Gasteiger partial charge on any atom is -0.379 e. The third kappa shape index (κ3) is 3.00. The molecule has 0 spiro atoms. The summed E-state index contributed by atoms with van der Waals surface area (Å²) in [6.07, 6.45) is 3.41. The molecule has 2 aliphatic rings. The van der Waals surface area contributed by atoms with Crippen molar-refractivity contribution in [1.29, 1.82) is 0 Å². The van der Waals surface area contributed by atoms with Gasteiger partial charge in [-0.05, 0) is 18.6 Å². The average molecular weight is 436 g/mol. The molecule has 1 saturated heterocycles. The third-order valence-corrected chi connectivity index (χ3v) is 5.96. The van der Waals surface area contributed by atoms with Gasteiger partial charge >= 0.3 is 0 Å². The molecule has 11 heteroatoms. The molecular weight excluding hydrogens is 415 g/mol. The Morgan fingerprint density at radius 3 is 2.97 bits per heavy atom. The number of aromatic nitrogens is 6. The van der Waals surface area contributed by atoms with Gasteiger partial charge in [-0.25, -0.2) is 19.0 Å². The summed E-state index contributed by atoms with van der Waals surface area (Å²) >= 11 is 0. The number of carbonyl (C=O) groups is 1. The molecule has 5 heterocycles. The molecule has 164 valence electrons. The van der Waals surface area contributed by atoms with Crippen molar-refractivity contribution in [3.63, 3.8) is 0 Å². The Morgan fingerprint density at radius 1 is 1.34 bits per heavy atom. The predicted octanol–water partition coefficient (Wildman–Crippen LogP) is 1.98. The van der Waals surface area contributed by atoms with Crippen LogP contribution >= 0.6 is 0 Å². The lowest BCUT2D eigenvalue weighted by atomic mass is 10.2. The molecule has 0 unspecified atom stereocenters. The van der Waals surface area contributed by atoms with Crippen molar-refractivity contribution in [3.05, 3.63) is 36.2 Å². The molecular formula is C21H21FN8O2. The number of nitrogens with one attached hydrogen (secondary N) is 2. The van der Waals surface area contributed by atoms with Crippen LogP contribution in [0.1, 0.15) is 29.2 Å². The standard InChI is InChI=1S/C21H21FN8O2/c1-23-17-8-16(26-20-13(9-25-30(17)20)21(31)27-15-7-14(15)22)18-12-3-2-5-24-19(12)29(28-18)11-4-6-32-10-11/h2-3,5,8-9,11,14-15,23H,4,6-7,10H2,1H3,(H,27,31)/t11-,14-,15+/m0/s1. The Bertz CT molecular complexity index is 1340. The minimum absolute atomic E-state index is 0.108. The summed E-state index contributed by atoms with van der Waals surface area (Å²) < 4.78 is 22.3. The van der Waals surface area contributed by atoms with Crippen molar-refractivity contribution >= 4 is 28.4 Å². The number of carbonyl (C=O) groups excluding carboxylic acids is 1. The summed E-state index contributed by atoms with van der Waals surface area (Å²) in [5.74, 6) is 0.256. The van der Waals surface area contributed by atoms with E-state index in [0.717, 1.165) is 17.5 Å². The van der Waals surface area contributed by atoms with Gasteiger partial charge in [0.2, 0.25) is 0 Å². The van der Waals surface area contributed by atoms with Gasteiger partial charge < -0.3 is 15.4 Å². The molecule has 1 aliphatic heterocycles. The quantitative estimate of drug-likeness (QED) is 0.492. The Kier molecular flexibility index (Phi) is 4.32. The van der Waals surface area contributed by atoms with Crippen molar-refractivity contribution in [2.45, 2.75) is 31.1 Å². The maximum absolute atomic E-state index is 13.3. The fourth-order valence-electron chi connectivity index (χ4n) is 4.11. The molecule has 2 fully saturated rings. The van der Waals surface area contributed by atoms with Crippen LogP contribution in [0.2, 0.25) is 0 Å². The Morgan fingerprint density at radius 2 is 2.22 bits per heavy atom. The molecule has 1 amide bonds. The van der Waals surface area contributed by atoms with E-state index in [1.807, 2.05) is 22.9 Å². The highest BCUT2D eigenvalue weighted by molar-refractivity contribution is 6.01. The molecule has 4 aromatic heterocycles. The largest absolute Gasteiger partial charge is 0.379 e. The highest BCUT2D eigenvalue weighted by Crippen LogP contribution is 2.32. The molecule has 32 heavy (non-hydrogen) atoms. The first kappa shape index (κ1) is 19.1. The Labute approximate surface area is 181 Å². The number of ether oxygens (including phenoxy) is 1. The summed E-state index contributed by atoms with van der Waals surface area (Å²) in [7, 11) is 1.77. The highest BCUT2D eigenvalue weighted by atomic mass is 19.1. The molecule has 1 saturated carbocycles. The zero-order valence-electron chi connectivity index (χ0n) is 17.3. The molecule has 3 atom stereocenters. The minimum atomic E-state index is -0.987. The van der Waals surface area contributed by atoms with Crippen LogP contribution in [-0.2, 0) is 4.74 Å². The van der Waals surface area contributed by atoms with Gasteiger partial charge in [-0.15, -0.1) is 0 Å². The lowest BCUT2D eigenvalue weighted by Gasteiger charge is -2.09. The maximum atomic E-state index is 13.3. The van der Waals surface area contributed by atoms with E-state index in [9.17, 15) is 9.18 Å². The van der Waals surface area contributed by atoms with Gasteiger partial charge in [0.15, 0.2) is 11.3 Å². The predicted molar refractivity (Wildman–Crippen MR) is 114 cm³/mol. The van der Waals surface area contributed by atoms with E-state index in [1.165, 1.54) is 6.20 Å². The zero-order chi connectivity index (χ0) is 21.8. The van der Waals surface area contributed by atoms with E-state index in [0.29, 0.717) is 42.5 Å². The van der Waals surface area contributed by atoms with Crippen LogP contribution in [0.3, 0.4) is 0 Å². The Balaban J connectivity index is 1.50. The van der Waals surface area contributed by atoms with Crippen molar-refractivity contribution in [1.82, 2.24) is 34.7 Å². The first-order valence-corrected chi connectivity index (χ1v) is 10.6. The number of anilines is 1. The van der Waals surface area contributed by atoms with Crippen LogP contribution in [0.5, 0.6) is 0 Å². The fourth-order valence-corrected chi connectivity index (χ4v) is 4.11. The summed E-state index contributed by atoms with van der Waals surface area (Å²) in [6.45, 7) is 1.28. The smallest absolute Gasteiger partial charge is 0.257 e. The molecule has 1 aliphatic carbocycles. The zero-order valence-corrected chi connectivity index (χ0v) is 17.3. The van der Waals surface area contributed by atoms with Crippen molar-refractivity contribution < 1.29 is 13.9 Å². The summed E-state index contributed by atoms with van der Waals surface area (Å²) in [6, 6.07) is 5.33. The summed E-state index contributed by atoms with van der Waals surface area (Å²) in [4.78, 5) is 22.0. The van der Waals surface area contributed by atoms with E-state index < -0.39 is 18.1 Å². The van der Waals surface area contributed by atoms with Crippen LogP contribution in [0, 0.1) is 0 Å². The van der Waals surface area contributed by atoms with Gasteiger partial charge in [-0.2, -0.15) is 14.7 Å². The topological polar surface area (TPSA) is 111 Å². The normalized spacial score (nSPS) is 22.5. The summed E-state index contributed by atoms with van der Waals surface area (Å²) in [5.41, 5.74) is 2.67. The lowest BCUT2D eigenvalue weighted by molar-refractivity contribution is 0.0949. The van der Waals surface area contributed by atoms with Gasteiger partial charge in [0.05, 0.1) is 30.6 Å².